The van der Waals surface area contributed by atoms with E-state index in [0.29, 0.717) is 23.5 Å². The second-order valence-corrected chi connectivity index (χ2v) is 7.58. The van der Waals surface area contributed by atoms with Gasteiger partial charge in [0.15, 0.2) is 6.61 Å². The Kier molecular flexibility index (Phi) is 6.39. The second kappa shape index (κ2) is 8.78. The summed E-state index contributed by atoms with van der Waals surface area (Å²) in [5.41, 5.74) is 2.45. The zero-order chi connectivity index (χ0) is 20.3. The predicted molar refractivity (Wildman–Crippen MR) is 108 cm³/mol. The van der Waals surface area contributed by atoms with Crippen molar-refractivity contribution in [2.75, 3.05) is 26.9 Å². The van der Waals surface area contributed by atoms with Crippen LogP contribution in [0.3, 0.4) is 0 Å². The zero-order valence-corrected chi connectivity index (χ0v) is 17.2. The van der Waals surface area contributed by atoms with Crippen molar-refractivity contribution in [3.05, 3.63) is 39.2 Å². The number of amides is 1. The third kappa shape index (κ3) is 4.22. The smallest absolute Gasteiger partial charge is 0.339 e. The van der Waals surface area contributed by atoms with Crippen LogP contribution in [0.2, 0.25) is 0 Å². The molecule has 1 fully saturated rings. The van der Waals surface area contributed by atoms with Gasteiger partial charge in [0.05, 0.1) is 5.39 Å². The topological polar surface area (TPSA) is 69.0 Å². The Labute approximate surface area is 165 Å². The minimum absolute atomic E-state index is 0.0118. The molecule has 0 radical (unpaired) electrons. The van der Waals surface area contributed by atoms with Gasteiger partial charge in [0.25, 0.3) is 5.91 Å². The van der Waals surface area contributed by atoms with Gasteiger partial charge in [-0.25, -0.2) is 4.79 Å². The summed E-state index contributed by atoms with van der Waals surface area (Å²) in [6.07, 6.45) is 4.01. The van der Waals surface area contributed by atoms with Crippen LogP contribution in [0.1, 0.15) is 42.4 Å². The number of piperidine rings is 1. The highest BCUT2D eigenvalue weighted by Gasteiger charge is 2.27. The second-order valence-electron chi connectivity index (χ2n) is 7.58. The zero-order valence-electron chi connectivity index (χ0n) is 17.2. The monoisotopic (exact) mass is 387 g/mol. The SMILES string of the molecule is COCCC1CCCCN1C(=O)COc1cc(C)cc2oc(=O)c(C)c(C)c12. The van der Waals surface area contributed by atoms with E-state index in [-0.39, 0.29) is 24.2 Å². The lowest BCUT2D eigenvalue weighted by atomic mass is 9.99. The van der Waals surface area contributed by atoms with Crippen LogP contribution in [0.25, 0.3) is 11.0 Å². The summed E-state index contributed by atoms with van der Waals surface area (Å²) in [4.78, 5) is 26.8. The van der Waals surface area contributed by atoms with Gasteiger partial charge in [-0.2, -0.15) is 0 Å². The number of carbonyl (C=O) groups excluding carboxylic acids is 1. The summed E-state index contributed by atoms with van der Waals surface area (Å²) in [5.74, 6) is 0.570. The lowest BCUT2D eigenvalue weighted by molar-refractivity contribution is -0.137. The molecule has 1 unspecified atom stereocenters. The van der Waals surface area contributed by atoms with E-state index in [1.54, 1.807) is 14.0 Å². The highest BCUT2D eigenvalue weighted by atomic mass is 16.5. The number of methoxy groups -OCH3 is 1. The number of ether oxygens (including phenoxy) is 2. The van der Waals surface area contributed by atoms with E-state index in [0.717, 1.165) is 48.7 Å². The molecule has 1 aliphatic rings. The van der Waals surface area contributed by atoms with Crippen LogP contribution >= 0.6 is 0 Å². The van der Waals surface area contributed by atoms with E-state index in [1.807, 2.05) is 30.9 Å². The van der Waals surface area contributed by atoms with E-state index in [2.05, 4.69) is 0 Å². The molecule has 1 saturated heterocycles. The molecule has 1 amide bonds. The molecule has 1 atom stereocenters. The number of nitrogens with zero attached hydrogens (tertiary/aromatic N) is 1. The summed E-state index contributed by atoms with van der Waals surface area (Å²) >= 11 is 0. The standard InChI is InChI=1S/C22H29NO5/c1-14-11-18(21-15(2)16(3)22(25)28-19(21)12-14)27-13-20(24)23-9-6-5-7-17(23)8-10-26-4/h11-12,17H,5-10,13H2,1-4H3. The van der Waals surface area contributed by atoms with E-state index in [9.17, 15) is 9.59 Å². The lowest BCUT2D eigenvalue weighted by Crippen LogP contribution is -2.46. The van der Waals surface area contributed by atoms with Crippen molar-refractivity contribution in [1.82, 2.24) is 4.90 Å². The van der Waals surface area contributed by atoms with Crippen LogP contribution in [0, 0.1) is 20.8 Å². The first-order valence-corrected chi connectivity index (χ1v) is 9.88. The molecular weight excluding hydrogens is 358 g/mol. The molecule has 0 N–H and O–H groups in total. The molecule has 1 aromatic carbocycles. The molecule has 28 heavy (non-hydrogen) atoms. The maximum absolute atomic E-state index is 12.9. The maximum atomic E-state index is 12.9. The Morgan fingerprint density at radius 3 is 2.75 bits per heavy atom. The maximum Gasteiger partial charge on any atom is 0.339 e. The predicted octanol–water partition coefficient (Wildman–Crippen LogP) is 3.51. The molecule has 3 rings (SSSR count). The van der Waals surface area contributed by atoms with Crippen molar-refractivity contribution in [2.24, 2.45) is 0 Å². The number of aryl methyl sites for hydroxylation is 2. The van der Waals surface area contributed by atoms with E-state index < -0.39 is 0 Å². The third-order valence-electron chi connectivity index (χ3n) is 5.61. The average Bonchev–Trinajstić information content (AvgIpc) is 2.68. The molecule has 6 heteroatoms. The van der Waals surface area contributed by atoms with Crippen molar-refractivity contribution in [1.29, 1.82) is 0 Å². The van der Waals surface area contributed by atoms with Gasteiger partial charge in [-0.3, -0.25) is 4.79 Å². The number of rotatable bonds is 6. The summed E-state index contributed by atoms with van der Waals surface area (Å²) in [6, 6.07) is 3.92. The minimum atomic E-state index is -0.341. The summed E-state index contributed by atoms with van der Waals surface area (Å²) in [7, 11) is 1.68. The van der Waals surface area contributed by atoms with Crippen molar-refractivity contribution in [3.63, 3.8) is 0 Å². The Balaban J connectivity index is 1.82. The number of likely N-dealkylation sites (tertiary alicyclic amines) is 1. The van der Waals surface area contributed by atoms with Crippen molar-refractivity contribution >= 4 is 16.9 Å². The summed E-state index contributed by atoms with van der Waals surface area (Å²) in [5, 5.41) is 0.755. The first kappa shape index (κ1) is 20.4. The van der Waals surface area contributed by atoms with Gasteiger partial charge in [-0.1, -0.05) is 0 Å². The average molecular weight is 387 g/mol. The van der Waals surface area contributed by atoms with Gasteiger partial charge in [-0.15, -0.1) is 0 Å². The molecule has 0 saturated carbocycles. The third-order valence-corrected chi connectivity index (χ3v) is 5.61. The Hall–Kier alpha value is -2.34. The molecule has 2 heterocycles. The van der Waals surface area contributed by atoms with Crippen LogP contribution in [-0.2, 0) is 9.53 Å². The minimum Gasteiger partial charge on any atom is -0.483 e. The van der Waals surface area contributed by atoms with Gasteiger partial charge in [0.1, 0.15) is 11.3 Å². The fourth-order valence-corrected chi connectivity index (χ4v) is 3.91. The van der Waals surface area contributed by atoms with Crippen LogP contribution in [0.5, 0.6) is 5.75 Å². The summed E-state index contributed by atoms with van der Waals surface area (Å²) in [6.45, 7) is 6.91. The molecule has 152 valence electrons. The highest BCUT2D eigenvalue weighted by molar-refractivity contribution is 5.88. The van der Waals surface area contributed by atoms with Gasteiger partial charge in [0, 0.05) is 31.9 Å². The van der Waals surface area contributed by atoms with E-state index in [4.69, 9.17) is 13.9 Å². The van der Waals surface area contributed by atoms with Gasteiger partial charge in [0.2, 0.25) is 0 Å². The van der Waals surface area contributed by atoms with Gasteiger partial charge in [-0.05, 0) is 69.7 Å². The molecule has 0 aliphatic carbocycles. The first-order valence-electron chi connectivity index (χ1n) is 9.88. The van der Waals surface area contributed by atoms with Crippen molar-refractivity contribution in [3.8, 4) is 5.75 Å². The number of fused-ring (bicyclic) bond motifs is 1. The van der Waals surface area contributed by atoms with Gasteiger partial charge < -0.3 is 18.8 Å². The van der Waals surface area contributed by atoms with Crippen LogP contribution in [0.4, 0.5) is 0 Å². The molecule has 1 aromatic heterocycles. The lowest BCUT2D eigenvalue weighted by Gasteiger charge is -2.35. The largest absolute Gasteiger partial charge is 0.483 e. The number of benzene rings is 1. The van der Waals surface area contributed by atoms with E-state index >= 15 is 0 Å². The molecule has 0 bridgehead atoms. The molecule has 1 aliphatic heterocycles. The molecule has 6 nitrogen and oxygen atoms in total. The number of carbonyl (C=O) groups is 1. The van der Waals surface area contributed by atoms with Crippen LogP contribution < -0.4 is 10.4 Å². The normalized spacial score (nSPS) is 17.1. The molecule has 0 spiro atoms. The van der Waals surface area contributed by atoms with Crippen LogP contribution in [-0.4, -0.2) is 43.7 Å². The quantitative estimate of drug-likeness (QED) is 0.710. The number of hydrogen-bond acceptors (Lipinski definition) is 5. The van der Waals surface area contributed by atoms with Crippen molar-refractivity contribution in [2.45, 2.75) is 52.5 Å². The Morgan fingerprint density at radius 2 is 2.00 bits per heavy atom. The summed E-state index contributed by atoms with van der Waals surface area (Å²) < 4.78 is 16.6. The van der Waals surface area contributed by atoms with Gasteiger partial charge >= 0.3 is 5.63 Å². The highest BCUT2D eigenvalue weighted by Crippen LogP contribution is 2.31. The first-order chi connectivity index (χ1) is 13.4. The Morgan fingerprint density at radius 1 is 1.21 bits per heavy atom. The fourth-order valence-electron chi connectivity index (χ4n) is 3.91. The molecule has 2 aromatic rings. The van der Waals surface area contributed by atoms with E-state index in [1.165, 1.54) is 0 Å². The fraction of sp³-hybridized carbons (Fsp3) is 0.545. The van der Waals surface area contributed by atoms with Crippen LogP contribution in [0.15, 0.2) is 21.3 Å². The Bertz CT molecular complexity index is 917. The van der Waals surface area contributed by atoms with Crippen molar-refractivity contribution < 1.29 is 18.7 Å². The molecular formula is C22H29NO5. The number of hydrogen-bond donors (Lipinski definition) is 0.